The predicted octanol–water partition coefficient (Wildman–Crippen LogP) is 3.48. The Morgan fingerprint density at radius 2 is 2.29 bits per heavy atom. The van der Waals surface area contributed by atoms with E-state index in [1.807, 2.05) is 34.0 Å². The highest BCUT2D eigenvalue weighted by molar-refractivity contribution is 6.31. The zero-order chi connectivity index (χ0) is 14.8. The van der Waals surface area contributed by atoms with Crippen LogP contribution in [0.25, 0.3) is 10.9 Å². The molecule has 5 heteroatoms. The molecule has 4 nitrogen and oxygen atoms in total. The Hall–Kier alpha value is -1.55. The fourth-order valence-electron chi connectivity index (χ4n) is 3.04. The number of nitrogens with zero attached hydrogens (tertiary/aromatic N) is 3. The Labute approximate surface area is 129 Å². The normalized spacial score (nSPS) is 19.1. The monoisotopic (exact) mass is 305 g/mol. The number of piperidine rings is 1. The molecule has 1 aliphatic heterocycles. The maximum Gasteiger partial charge on any atom is 0.224 e. The van der Waals surface area contributed by atoms with Crippen LogP contribution in [-0.2, 0) is 11.3 Å². The van der Waals surface area contributed by atoms with Gasteiger partial charge in [0.1, 0.15) is 0 Å². The van der Waals surface area contributed by atoms with E-state index in [0.717, 1.165) is 30.3 Å². The number of hydrogen-bond donors (Lipinski definition) is 0. The van der Waals surface area contributed by atoms with Gasteiger partial charge in [-0.15, -0.1) is 0 Å². The average molecular weight is 306 g/mol. The Balaban J connectivity index is 1.68. The molecule has 0 aliphatic carbocycles. The second-order valence-corrected chi connectivity index (χ2v) is 6.19. The molecule has 2 heterocycles. The number of rotatable bonds is 3. The molecule has 112 valence electrons. The highest BCUT2D eigenvalue weighted by atomic mass is 35.5. The first-order valence-electron chi connectivity index (χ1n) is 7.56. The predicted molar refractivity (Wildman–Crippen MR) is 84.4 cm³/mol. The molecule has 0 bridgehead atoms. The van der Waals surface area contributed by atoms with E-state index in [4.69, 9.17) is 11.6 Å². The third kappa shape index (κ3) is 3.05. The zero-order valence-corrected chi connectivity index (χ0v) is 13.0. The number of carbonyl (C=O) groups excluding carboxylic acids is 1. The summed E-state index contributed by atoms with van der Waals surface area (Å²) in [6.07, 6.45) is 5.78. The van der Waals surface area contributed by atoms with Gasteiger partial charge >= 0.3 is 0 Å². The van der Waals surface area contributed by atoms with Gasteiger partial charge < -0.3 is 4.90 Å². The molecule has 1 saturated heterocycles. The first kappa shape index (κ1) is 14.4. The van der Waals surface area contributed by atoms with Crippen LogP contribution in [0, 0.1) is 0 Å². The average Bonchev–Trinajstić information content (AvgIpc) is 2.87. The summed E-state index contributed by atoms with van der Waals surface area (Å²) in [7, 11) is 0. The third-order valence-electron chi connectivity index (χ3n) is 4.27. The molecular weight excluding hydrogens is 286 g/mol. The topological polar surface area (TPSA) is 38.1 Å². The number of benzene rings is 1. The Morgan fingerprint density at radius 3 is 3.10 bits per heavy atom. The standard InChI is InChI=1S/C16H20ClN3O/c1-12-4-2-3-8-19(12)16(21)7-9-20-15-10-14(17)6-5-13(15)11-18-20/h5-6,10-12H,2-4,7-9H2,1H3/t12-/m1/s1. The molecule has 0 radical (unpaired) electrons. The fourth-order valence-corrected chi connectivity index (χ4v) is 3.20. The Morgan fingerprint density at radius 1 is 1.43 bits per heavy atom. The minimum atomic E-state index is 0.230. The van der Waals surface area contributed by atoms with E-state index in [9.17, 15) is 4.79 Å². The van der Waals surface area contributed by atoms with Crippen LogP contribution >= 0.6 is 11.6 Å². The highest BCUT2D eigenvalue weighted by Gasteiger charge is 2.22. The molecule has 0 saturated carbocycles. The van der Waals surface area contributed by atoms with Gasteiger partial charge in [-0.1, -0.05) is 11.6 Å². The van der Waals surface area contributed by atoms with E-state index in [0.29, 0.717) is 24.0 Å². The van der Waals surface area contributed by atoms with Crippen LogP contribution in [0.3, 0.4) is 0 Å². The van der Waals surface area contributed by atoms with E-state index in [1.165, 1.54) is 6.42 Å². The molecule has 21 heavy (non-hydrogen) atoms. The van der Waals surface area contributed by atoms with Crippen LogP contribution in [0.2, 0.25) is 5.02 Å². The summed E-state index contributed by atoms with van der Waals surface area (Å²) in [6, 6.07) is 6.08. The van der Waals surface area contributed by atoms with Gasteiger partial charge in [-0.25, -0.2) is 0 Å². The Kier molecular flexibility index (Phi) is 4.15. The van der Waals surface area contributed by atoms with Gasteiger partial charge in [0.25, 0.3) is 0 Å². The van der Waals surface area contributed by atoms with Crippen molar-refractivity contribution in [3.63, 3.8) is 0 Å². The lowest BCUT2D eigenvalue weighted by Crippen LogP contribution is -2.42. The SMILES string of the molecule is C[C@@H]1CCCCN1C(=O)CCn1ncc2ccc(Cl)cc21. The summed E-state index contributed by atoms with van der Waals surface area (Å²) in [5, 5.41) is 6.11. The smallest absolute Gasteiger partial charge is 0.224 e. The van der Waals surface area contributed by atoms with Crippen LogP contribution in [0.15, 0.2) is 24.4 Å². The van der Waals surface area contributed by atoms with Crippen LogP contribution < -0.4 is 0 Å². The molecule has 1 aromatic carbocycles. The quantitative estimate of drug-likeness (QED) is 0.870. The third-order valence-corrected chi connectivity index (χ3v) is 4.50. The molecule has 3 rings (SSSR count). The molecular formula is C16H20ClN3O. The zero-order valence-electron chi connectivity index (χ0n) is 12.3. The van der Waals surface area contributed by atoms with Gasteiger partial charge in [0.15, 0.2) is 0 Å². The van der Waals surface area contributed by atoms with Crippen molar-refractivity contribution in [2.45, 2.75) is 45.2 Å². The van der Waals surface area contributed by atoms with Crippen LogP contribution in [0.1, 0.15) is 32.6 Å². The molecule has 1 atom stereocenters. The van der Waals surface area contributed by atoms with E-state index in [-0.39, 0.29) is 5.91 Å². The van der Waals surface area contributed by atoms with Gasteiger partial charge in [0, 0.05) is 29.4 Å². The van der Waals surface area contributed by atoms with Crippen LogP contribution in [0.5, 0.6) is 0 Å². The molecule has 0 unspecified atom stereocenters. The summed E-state index contributed by atoms with van der Waals surface area (Å²) in [6.45, 7) is 3.64. The van der Waals surface area contributed by atoms with Gasteiger partial charge in [-0.05, 0) is 44.4 Å². The lowest BCUT2D eigenvalue weighted by molar-refractivity contribution is -0.134. The number of likely N-dealkylation sites (tertiary alicyclic amines) is 1. The summed E-state index contributed by atoms with van der Waals surface area (Å²) in [5.74, 6) is 0.230. The maximum atomic E-state index is 12.4. The maximum absolute atomic E-state index is 12.4. The van der Waals surface area contributed by atoms with E-state index < -0.39 is 0 Å². The largest absolute Gasteiger partial charge is 0.340 e. The number of amides is 1. The Bertz CT molecular complexity index is 652. The molecule has 1 amide bonds. The second kappa shape index (κ2) is 6.06. The molecule has 1 fully saturated rings. The van der Waals surface area contributed by atoms with Gasteiger partial charge in [-0.3, -0.25) is 9.48 Å². The van der Waals surface area contributed by atoms with Crippen LogP contribution in [0.4, 0.5) is 0 Å². The number of halogens is 1. The number of fused-ring (bicyclic) bond motifs is 1. The van der Waals surface area contributed by atoms with Gasteiger partial charge in [-0.2, -0.15) is 5.10 Å². The van der Waals surface area contributed by atoms with Crippen molar-refractivity contribution < 1.29 is 4.79 Å². The van der Waals surface area contributed by atoms with Crippen LogP contribution in [-0.4, -0.2) is 33.2 Å². The number of aromatic nitrogens is 2. The molecule has 2 aromatic rings. The molecule has 1 aliphatic rings. The summed E-state index contributed by atoms with van der Waals surface area (Å²) >= 11 is 6.03. The second-order valence-electron chi connectivity index (χ2n) is 5.75. The van der Waals surface area contributed by atoms with Gasteiger partial charge in [0.2, 0.25) is 5.91 Å². The van der Waals surface area contributed by atoms with Crippen molar-refractivity contribution in [2.75, 3.05) is 6.54 Å². The molecule has 0 spiro atoms. The first-order valence-corrected chi connectivity index (χ1v) is 7.93. The molecule has 1 aromatic heterocycles. The van der Waals surface area contributed by atoms with E-state index in [1.54, 1.807) is 0 Å². The summed E-state index contributed by atoms with van der Waals surface area (Å²) < 4.78 is 1.87. The van der Waals surface area contributed by atoms with E-state index in [2.05, 4.69) is 12.0 Å². The highest BCUT2D eigenvalue weighted by Crippen LogP contribution is 2.20. The number of carbonyl (C=O) groups is 1. The number of aryl methyl sites for hydroxylation is 1. The van der Waals surface area contributed by atoms with E-state index >= 15 is 0 Å². The summed E-state index contributed by atoms with van der Waals surface area (Å²) in [5.41, 5.74) is 0.988. The van der Waals surface area contributed by atoms with Gasteiger partial charge in [0.05, 0.1) is 18.3 Å². The molecule has 0 N–H and O–H groups in total. The van der Waals surface area contributed by atoms with Crippen molar-refractivity contribution in [1.82, 2.24) is 14.7 Å². The first-order chi connectivity index (χ1) is 10.1. The van der Waals surface area contributed by atoms with Crippen molar-refractivity contribution in [2.24, 2.45) is 0 Å². The minimum absolute atomic E-state index is 0.230. The lowest BCUT2D eigenvalue weighted by Gasteiger charge is -2.33. The van der Waals surface area contributed by atoms with Crippen molar-refractivity contribution in [3.05, 3.63) is 29.4 Å². The van der Waals surface area contributed by atoms with Crippen molar-refractivity contribution in [1.29, 1.82) is 0 Å². The summed E-state index contributed by atoms with van der Waals surface area (Å²) in [4.78, 5) is 14.4. The minimum Gasteiger partial charge on any atom is -0.340 e. The van der Waals surface area contributed by atoms with Crippen molar-refractivity contribution >= 4 is 28.4 Å². The fraction of sp³-hybridized carbons (Fsp3) is 0.500. The van der Waals surface area contributed by atoms with Crippen molar-refractivity contribution in [3.8, 4) is 0 Å². The lowest BCUT2D eigenvalue weighted by atomic mass is 10.0. The number of hydrogen-bond acceptors (Lipinski definition) is 2.